The predicted octanol–water partition coefficient (Wildman–Crippen LogP) is 3.53. The Bertz CT molecular complexity index is 833. The number of carbonyl (C=O) groups excluding carboxylic acids is 3. The summed E-state index contributed by atoms with van der Waals surface area (Å²) in [5.41, 5.74) is 1.88. The van der Waals surface area contributed by atoms with E-state index in [1.54, 1.807) is 53.4 Å². The highest BCUT2D eigenvalue weighted by Crippen LogP contribution is 2.27. The maximum absolute atomic E-state index is 12.4. The van der Waals surface area contributed by atoms with Crippen molar-refractivity contribution >= 4 is 40.6 Å². The number of ketones is 1. The number of benzene rings is 2. The minimum Gasteiger partial charge on any atom is -0.326 e. The maximum Gasteiger partial charge on any atom is 0.229 e. The summed E-state index contributed by atoms with van der Waals surface area (Å²) in [5.74, 6) is -0.779. The number of nitrogens with one attached hydrogen (secondary N) is 1. The minimum absolute atomic E-state index is 0.0311. The van der Waals surface area contributed by atoms with Gasteiger partial charge in [0.25, 0.3) is 0 Å². The molecule has 2 aromatic rings. The van der Waals surface area contributed by atoms with Gasteiger partial charge in [0, 0.05) is 34.9 Å². The van der Waals surface area contributed by atoms with Crippen LogP contribution >= 0.6 is 11.6 Å². The van der Waals surface area contributed by atoms with E-state index >= 15 is 0 Å². The van der Waals surface area contributed by atoms with E-state index in [1.807, 2.05) is 0 Å². The van der Waals surface area contributed by atoms with Crippen molar-refractivity contribution in [3.8, 4) is 0 Å². The van der Waals surface area contributed by atoms with Crippen LogP contribution in [0.15, 0.2) is 48.5 Å². The maximum atomic E-state index is 12.4. The van der Waals surface area contributed by atoms with Crippen molar-refractivity contribution in [1.82, 2.24) is 0 Å². The molecule has 1 atom stereocenters. The van der Waals surface area contributed by atoms with E-state index in [0.29, 0.717) is 28.5 Å². The van der Waals surface area contributed by atoms with Crippen LogP contribution in [-0.2, 0) is 9.59 Å². The lowest BCUT2D eigenvalue weighted by molar-refractivity contribution is -0.122. The second kappa shape index (κ2) is 7.07. The molecule has 6 heteroatoms. The Morgan fingerprint density at radius 3 is 2.52 bits per heavy atom. The van der Waals surface area contributed by atoms with Crippen molar-refractivity contribution in [3.05, 3.63) is 59.1 Å². The Morgan fingerprint density at radius 2 is 1.88 bits per heavy atom. The molecule has 1 N–H and O–H groups in total. The summed E-state index contributed by atoms with van der Waals surface area (Å²) in [5, 5.41) is 3.34. The summed E-state index contributed by atoms with van der Waals surface area (Å²) >= 11 is 5.97. The third-order valence-electron chi connectivity index (χ3n) is 4.17. The minimum atomic E-state index is -0.432. The van der Waals surface area contributed by atoms with Crippen LogP contribution in [0.1, 0.15) is 23.7 Å². The first kappa shape index (κ1) is 17.2. The van der Waals surface area contributed by atoms with Crippen LogP contribution in [0.5, 0.6) is 0 Å². The summed E-state index contributed by atoms with van der Waals surface area (Å²) in [7, 11) is 0. The van der Waals surface area contributed by atoms with Gasteiger partial charge in [-0.25, -0.2) is 0 Å². The molecular weight excluding hydrogens is 340 g/mol. The van der Waals surface area contributed by atoms with E-state index in [2.05, 4.69) is 5.32 Å². The van der Waals surface area contributed by atoms with Crippen molar-refractivity contribution in [1.29, 1.82) is 0 Å². The van der Waals surface area contributed by atoms with Gasteiger partial charge in [0.1, 0.15) is 0 Å². The first-order chi connectivity index (χ1) is 11.9. The molecule has 1 heterocycles. The lowest BCUT2D eigenvalue weighted by atomic mass is 10.1. The molecule has 25 heavy (non-hydrogen) atoms. The highest BCUT2D eigenvalue weighted by Gasteiger charge is 2.35. The Kier molecular flexibility index (Phi) is 4.86. The van der Waals surface area contributed by atoms with E-state index in [1.165, 1.54) is 6.92 Å². The molecule has 1 fully saturated rings. The van der Waals surface area contributed by atoms with Crippen molar-refractivity contribution in [2.24, 2.45) is 5.92 Å². The van der Waals surface area contributed by atoms with Gasteiger partial charge in [0.2, 0.25) is 11.8 Å². The molecule has 1 aliphatic heterocycles. The zero-order chi connectivity index (χ0) is 18.0. The van der Waals surface area contributed by atoms with Crippen LogP contribution in [0.2, 0.25) is 5.02 Å². The SMILES string of the molecule is CC(=O)c1ccc(NC(=O)C2CC(=O)N(c3cccc(Cl)c3)C2)cc1. The standard InChI is InChI=1S/C19H17ClN2O3/c1-12(23)13-5-7-16(8-6-13)21-19(25)14-9-18(24)22(11-14)17-4-2-3-15(20)10-17/h2-8,10,14H,9,11H2,1H3,(H,21,25). The van der Waals surface area contributed by atoms with E-state index in [9.17, 15) is 14.4 Å². The molecule has 2 amide bonds. The van der Waals surface area contributed by atoms with E-state index in [-0.39, 0.29) is 24.0 Å². The Labute approximate surface area is 150 Å². The smallest absolute Gasteiger partial charge is 0.229 e. The topological polar surface area (TPSA) is 66.5 Å². The van der Waals surface area contributed by atoms with E-state index < -0.39 is 5.92 Å². The summed E-state index contributed by atoms with van der Waals surface area (Å²) < 4.78 is 0. The molecular formula is C19H17ClN2O3. The van der Waals surface area contributed by atoms with Gasteiger partial charge in [0.05, 0.1) is 5.92 Å². The second-order valence-corrected chi connectivity index (χ2v) is 6.44. The fraction of sp³-hybridized carbons (Fsp3) is 0.211. The van der Waals surface area contributed by atoms with Gasteiger partial charge in [-0.15, -0.1) is 0 Å². The van der Waals surface area contributed by atoms with Gasteiger partial charge < -0.3 is 10.2 Å². The predicted molar refractivity (Wildman–Crippen MR) is 97.0 cm³/mol. The fourth-order valence-corrected chi connectivity index (χ4v) is 2.99. The third kappa shape index (κ3) is 3.88. The summed E-state index contributed by atoms with van der Waals surface area (Å²) in [4.78, 5) is 37.5. The van der Waals surface area contributed by atoms with Crippen LogP contribution in [0.3, 0.4) is 0 Å². The molecule has 0 radical (unpaired) electrons. The van der Waals surface area contributed by atoms with E-state index in [4.69, 9.17) is 11.6 Å². The normalized spacial score (nSPS) is 16.8. The van der Waals surface area contributed by atoms with Gasteiger partial charge in [-0.05, 0) is 49.4 Å². The molecule has 1 saturated heterocycles. The molecule has 0 bridgehead atoms. The molecule has 0 spiro atoms. The summed E-state index contributed by atoms with van der Waals surface area (Å²) in [6.07, 6.45) is 0.157. The Hall–Kier alpha value is -2.66. The van der Waals surface area contributed by atoms with Gasteiger partial charge in [-0.1, -0.05) is 17.7 Å². The molecule has 0 aromatic heterocycles. The highest BCUT2D eigenvalue weighted by molar-refractivity contribution is 6.31. The van der Waals surface area contributed by atoms with Gasteiger partial charge >= 0.3 is 0 Å². The number of halogens is 1. The number of nitrogens with zero attached hydrogens (tertiary/aromatic N) is 1. The number of amides is 2. The number of rotatable bonds is 4. The number of hydrogen-bond donors (Lipinski definition) is 1. The molecule has 2 aromatic carbocycles. The molecule has 0 aliphatic carbocycles. The summed E-state index contributed by atoms with van der Waals surface area (Å²) in [6.45, 7) is 1.80. The molecule has 0 saturated carbocycles. The average molecular weight is 357 g/mol. The van der Waals surface area contributed by atoms with Gasteiger partial charge in [0.15, 0.2) is 5.78 Å². The van der Waals surface area contributed by atoms with Crippen LogP contribution in [0.25, 0.3) is 0 Å². The van der Waals surface area contributed by atoms with Crippen molar-refractivity contribution in [2.45, 2.75) is 13.3 Å². The van der Waals surface area contributed by atoms with Crippen LogP contribution in [-0.4, -0.2) is 24.1 Å². The molecule has 5 nitrogen and oxygen atoms in total. The highest BCUT2D eigenvalue weighted by atomic mass is 35.5. The first-order valence-corrected chi connectivity index (χ1v) is 8.29. The van der Waals surface area contributed by atoms with Gasteiger partial charge in [-0.2, -0.15) is 0 Å². The van der Waals surface area contributed by atoms with Crippen LogP contribution in [0.4, 0.5) is 11.4 Å². The van der Waals surface area contributed by atoms with Crippen molar-refractivity contribution < 1.29 is 14.4 Å². The zero-order valence-electron chi connectivity index (χ0n) is 13.7. The lowest BCUT2D eigenvalue weighted by Crippen LogP contribution is -2.28. The largest absolute Gasteiger partial charge is 0.326 e. The Morgan fingerprint density at radius 1 is 1.16 bits per heavy atom. The molecule has 1 unspecified atom stereocenters. The first-order valence-electron chi connectivity index (χ1n) is 7.92. The van der Waals surface area contributed by atoms with Crippen LogP contribution < -0.4 is 10.2 Å². The quantitative estimate of drug-likeness (QED) is 0.852. The average Bonchev–Trinajstić information content (AvgIpc) is 2.97. The number of carbonyl (C=O) groups is 3. The zero-order valence-corrected chi connectivity index (χ0v) is 14.4. The number of hydrogen-bond acceptors (Lipinski definition) is 3. The van der Waals surface area contributed by atoms with Crippen molar-refractivity contribution in [2.75, 3.05) is 16.8 Å². The molecule has 1 aliphatic rings. The third-order valence-corrected chi connectivity index (χ3v) is 4.41. The number of Topliss-reactive ketones (excluding diaryl/α,β-unsaturated/α-hetero) is 1. The lowest BCUT2D eigenvalue weighted by Gasteiger charge is -2.17. The molecule has 3 rings (SSSR count). The molecule has 128 valence electrons. The summed E-state index contributed by atoms with van der Waals surface area (Å²) in [6, 6.07) is 13.7. The van der Waals surface area contributed by atoms with E-state index in [0.717, 1.165) is 0 Å². The fourth-order valence-electron chi connectivity index (χ4n) is 2.81. The van der Waals surface area contributed by atoms with Crippen molar-refractivity contribution in [3.63, 3.8) is 0 Å². The Balaban J connectivity index is 1.67. The van der Waals surface area contributed by atoms with Crippen LogP contribution in [0, 0.1) is 5.92 Å². The van der Waals surface area contributed by atoms with Gasteiger partial charge in [-0.3, -0.25) is 14.4 Å². The monoisotopic (exact) mass is 356 g/mol. The number of anilines is 2. The second-order valence-electron chi connectivity index (χ2n) is 6.01.